The lowest BCUT2D eigenvalue weighted by molar-refractivity contribution is 0.0462. The molecular formula is C6H8BrClF2N4. The second kappa shape index (κ2) is 4.09. The van der Waals surface area contributed by atoms with E-state index >= 15 is 0 Å². The fraction of sp³-hybridized carbons (Fsp3) is 0.500. The molecule has 1 rings (SSSR count). The molecule has 0 amide bonds. The van der Waals surface area contributed by atoms with Gasteiger partial charge in [-0.1, -0.05) is 0 Å². The Hall–Kier alpha value is -0.240. The van der Waals surface area contributed by atoms with Gasteiger partial charge in [0, 0.05) is 7.05 Å². The van der Waals surface area contributed by atoms with Crippen LogP contribution < -0.4 is 11.3 Å². The van der Waals surface area contributed by atoms with Crippen LogP contribution in [0.3, 0.4) is 0 Å². The Morgan fingerprint density at radius 1 is 1.79 bits per heavy atom. The van der Waals surface area contributed by atoms with Gasteiger partial charge in [0.05, 0.1) is 16.4 Å². The van der Waals surface area contributed by atoms with E-state index in [1.807, 2.05) is 5.43 Å². The van der Waals surface area contributed by atoms with E-state index in [0.717, 1.165) is 0 Å². The van der Waals surface area contributed by atoms with Crippen LogP contribution in [-0.2, 0) is 7.05 Å². The first kappa shape index (κ1) is 11.8. The van der Waals surface area contributed by atoms with Gasteiger partial charge in [0.25, 0.3) is 0 Å². The Labute approximate surface area is 92.5 Å². The molecule has 0 saturated heterocycles. The Morgan fingerprint density at radius 2 is 2.36 bits per heavy atom. The van der Waals surface area contributed by atoms with Gasteiger partial charge >= 0.3 is 5.38 Å². The first-order valence-electron chi connectivity index (χ1n) is 3.58. The second-order valence-electron chi connectivity index (χ2n) is 2.64. The number of nitrogens with one attached hydrogen (secondary N) is 1. The first-order chi connectivity index (χ1) is 6.38. The van der Waals surface area contributed by atoms with Crippen molar-refractivity contribution in [3.05, 3.63) is 16.4 Å². The predicted molar refractivity (Wildman–Crippen MR) is 51.8 cm³/mol. The summed E-state index contributed by atoms with van der Waals surface area (Å²) in [7, 11) is 1.52. The number of halogens is 4. The Kier molecular flexibility index (Phi) is 3.46. The van der Waals surface area contributed by atoms with Crippen molar-refractivity contribution in [2.24, 2.45) is 12.9 Å². The molecule has 8 heteroatoms. The minimum absolute atomic E-state index is 0.188. The Morgan fingerprint density at radius 3 is 2.64 bits per heavy atom. The summed E-state index contributed by atoms with van der Waals surface area (Å²) >= 11 is 7.98. The van der Waals surface area contributed by atoms with E-state index in [4.69, 9.17) is 17.4 Å². The summed E-state index contributed by atoms with van der Waals surface area (Å²) in [6, 6.07) is -1.49. The van der Waals surface area contributed by atoms with E-state index in [-0.39, 0.29) is 5.69 Å². The Bertz CT molecular complexity index is 305. The van der Waals surface area contributed by atoms with Crippen molar-refractivity contribution in [2.75, 3.05) is 0 Å². The lowest BCUT2D eigenvalue weighted by Gasteiger charge is -2.21. The highest BCUT2D eigenvalue weighted by atomic mass is 79.9. The molecular weight excluding hydrogens is 281 g/mol. The summed E-state index contributed by atoms with van der Waals surface area (Å²) in [6.07, 6.45) is 1.39. The van der Waals surface area contributed by atoms with Gasteiger partial charge in [0.2, 0.25) is 0 Å². The van der Waals surface area contributed by atoms with Crippen LogP contribution in [0.25, 0.3) is 0 Å². The lowest BCUT2D eigenvalue weighted by atomic mass is 10.2. The number of rotatable bonds is 3. The van der Waals surface area contributed by atoms with E-state index < -0.39 is 11.4 Å². The maximum atomic E-state index is 12.9. The van der Waals surface area contributed by atoms with Crippen molar-refractivity contribution < 1.29 is 8.78 Å². The molecule has 0 aromatic carbocycles. The van der Waals surface area contributed by atoms with E-state index in [2.05, 4.69) is 21.0 Å². The highest BCUT2D eigenvalue weighted by Gasteiger charge is 2.40. The molecule has 1 aromatic rings. The molecule has 1 aromatic heterocycles. The highest BCUT2D eigenvalue weighted by molar-refractivity contribution is 9.10. The first-order valence-corrected chi connectivity index (χ1v) is 4.75. The zero-order chi connectivity index (χ0) is 10.9. The number of alkyl halides is 3. The topological polar surface area (TPSA) is 55.9 Å². The van der Waals surface area contributed by atoms with Gasteiger partial charge in [-0.2, -0.15) is 13.9 Å². The van der Waals surface area contributed by atoms with E-state index in [9.17, 15) is 8.78 Å². The summed E-state index contributed by atoms with van der Waals surface area (Å²) in [6.45, 7) is 0. The number of aromatic nitrogens is 2. The molecule has 0 saturated carbocycles. The third-order valence-corrected chi connectivity index (χ3v) is 2.53. The standard InChI is InChI=1S/C6H8BrClF2N4/c1-14-4(3(7)2-12-14)5(13-11)6(8,9)10/h2,5,13H,11H2,1H3. The molecule has 0 aliphatic rings. The summed E-state index contributed by atoms with van der Waals surface area (Å²) in [4.78, 5) is 0. The maximum absolute atomic E-state index is 12.9. The van der Waals surface area contributed by atoms with E-state index in [1.54, 1.807) is 0 Å². The van der Waals surface area contributed by atoms with Crippen molar-refractivity contribution in [1.29, 1.82) is 0 Å². The van der Waals surface area contributed by atoms with Crippen molar-refractivity contribution >= 4 is 27.5 Å². The number of nitrogens with two attached hydrogens (primary N) is 1. The fourth-order valence-electron chi connectivity index (χ4n) is 1.07. The van der Waals surface area contributed by atoms with Crippen LogP contribution in [0.5, 0.6) is 0 Å². The van der Waals surface area contributed by atoms with Gasteiger partial charge in [0.1, 0.15) is 6.04 Å². The average Bonchev–Trinajstić information content (AvgIpc) is 2.34. The SMILES string of the molecule is Cn1ncc(Br)c1C(NN)C(F)(F)Cl. The summed E-state index contributed by atoms with van der Waals surface area (Å²) in [5.74, 6) is 5.01. The predicted octanol–water partition coefficient (Wildman–Crippen LogP) is 1.52. The van der Waals surface area contributed by atoms with Gasteiger partial charge < -0.3 is 0 Å². The third kappa shape index (κ3) is 2.22. The summed E-state index contributed by atoms with van der Waals surface area (Å²) in [5.41, 5.74) is 2.14. The normalized spacial score (nSPS) is 14.4. The van der Waals surface area contributed by atoms with E-state index in [0.29, 0.717) is 4.47 Å². The van der Waals surface area contributed by atoms with Crippen LogP contribution in [-0.4, -0.2) is 15.2 Å². The molecule has 14 heavy (non-hydrogen) atoms. The smallest absolute Gasteiger partial charge is 0.271 e. The minimum Gasteiger partial charge on any atom is -0.271 e. The lowest BCUT2D eigenvalue weighted by Crippen LogP contribution is -2.39. The molecule has 3 N–H and O–H groups in total. The number of hydrazine groups is 1. The van der Waals surface area contributed by atoms with Crippen molar-refractivity contribution in [1.82, 2.24) is 15.2 Å². The second-order valence-corrected chi connectivity index (χ2v) is 4.00. The zero-order valence-electron chi connectivity index (χ0n) is 7.14. The molecule has 1 atom stereocenters. The maximum Gasteiger partial charge on any atom is 0.343 e. The summed E-state index contributed by atoms with van der Waals surface area (Å²) < 4.78 is 27.4. The zero-order valence-corrected chi connectivity index (χ0v) is 9.48. The van der Waals surface area contributed by atoms with Crippen molar-refractivity contribution in [3.8, 4) is 0 Å². The Balaban J connectivity index is 3.13. The van der Waals surface area contributed by atoms with Gasteiger partial charge in [-0.15, -0.1) is 0 Å². The molecule has 0 aliphatic heterocycles. The third-order valence-electron chi connectivity index (χ3n) is 1.71. The number of hydrogen-bond donors (Lipinski definition) is 2. The molecule has 0 bridgehead atoms. The van der Waals surface area contributed by atoms with E-state index in [1.165, 1.54) is 17.9 Å². The molecule has 0 fully saturated rings. The van der Waals surface area contributed by atoms with Crippen LogP contribution in [0.2, 0.25) is 0 Å². The van der Waals surface area contributed by atoms with Crippen molar-refractivity contribution in [2.45, 2.75) is 11.4 Å². The van der Waals surface area contributed by atoms with Crippen LogP contribution >= 0.6 is 27.5 Å². The minimum atomic E-state index is -3.48. The molecule has 80 valence electrons. The van der Waals surface area contributed by atoms with Crippen LogP contribution in [0.1, 0.15) is 11.7 Å². The molecule has 0 aliphatic carbocycles. The highest BCUT2D eigenvalue weighted by Crippen LogP contribution is 2.36. The fourth-order valence-corrected chi connectivity index (χ4v) is 1.82. The molecule has 0 spiro atoms. The van der Waals surface area contributed by atoms with Crippen LogP contribution in [0.15, 0.2) is 10.7 Å². The van der Waals surface area contributed by atoms with Gasteiger partial charge in [0.15, 0.2) is 0 Å². The molecule has 1 unspecified atom stereocenters. The van der Waals surface area contributed by atoms with Crippen LogP contribution in [0, 0.1) is 0 Å². The number of hydrogen-bond acceptors (Lipinski definition) is 3. The molecule has 0 radical (unpaired) electrons. The molecule has 4 nitrogen and oxygen atoms in total. The quantitative estimate of drug-likeness (QED) is 0.504. The van der Waals surface area contributed by atoms with Gasteiger partial charge in [-0.25, -0.2) is 5.43 Å². The van der Waals surface area contributed by atoms with Crippen LogP contribution in [0.4, 0.5) is 8.78 Å². The monoisotopic (exact) mass is 288 g/mol. The molecule has 1 heterocycles. The number of aryl methyl sites for hydroxylation is 1. The average molecular weight is 290 g/mol. The number of nitrogens with zero attached hydrogens (tertiary/aromatic N) is 2. The largest absolute Gasteiger partial charge is 0.343 e. The van der Waals surface area contributed by atoms with Crippen molar-refractivity contribution in [3.63, 3.8) is 0 Å². The summed E-state index contributed by atoms with van der Waals surface area (Å²) in [5, 5.41) is 0.300. The van der Waals surface area contributed by atoms with Gasteiger partial charge in [-0.05, 0) is 27.5 Å². The van der Waals surface area contributed by atoms with Gasteiger partial charge in [-0.3, -0.25) is 10.5 Å².